The van der Waals surface area contributed by atoms with E-state index in [-0.39, 0.29) is 24.1 Å². The van der Waals surface area contributed by atoms with Crippen LogP contribution >= 0.6 is 11.6 Å². The number of rotatable bonds is 4. The number of carbonyl (C=O) groups excluding carboxylic acids is 1. The number of halogens is 1. The molecule has 0 spiro atoms. The molecular weight excluding hydrogens is 378 g/mol. The van der Waals surface area contributed by atoms with E-state index in [1.165, 1.54) is 0 Å². The van der Waals surface area contributed by atoms with Crippen LogP contribution in [-0.4, -0.2) is 51.9 Å². The Labute approximate surface area is 169 Å². The lowest BCUT2D eigenvalue weighted by Gasteiger charge is -2.35. The van der Waals surface area contributed by atoms with Gasteiger partial charge in [-0.1, -0.05) is 23.7 Å². The number of likely N-dealkylation sites (tertiary alicyclic amines) is 1. The standard InChI is InChI=1S/C21H24ClN3O3/c1-14(24-10-8-17(26)9-11-24)21(27)25-19(20-3-2-12-28-20)13-18(23-25)15-4-6-16(22)7-5-15/h2-7,12,14,17,19,26H,8-11,13H2,1H3/t14-,19+/m0/s1. The first-order valence-electron chi connectivity index (χ1n) is 9.65. The highest BCUT2D eigenvalue weighted by molar-refractivity contribution is 6.30. The van der Waals surface area contributed by atoms with Crippen LogP contribution in [0.25, 0.3) is 0 Å². The van der Waals surface area contributed by atoms with E-state index in [0.29, 0.717) is 37.4 Å². The predicted molar refractivity (Wildman–Crippen MR) is 107 cm³/mol. The summed E-state index contributed by atoms with van der Waals surface area (Å²) in [6.45, 7) is 3.33. The van der Waals surface area contributed by atoms with E-state index < -0.39 is 0 Å². The molecular formula is C21H24ClN3O3. The van der Waals surface area contributed by atoms with E-state index in [9.17, 15) is 9.90 Å². The van der Waals surface area contributed by atoms with Gasteiger partial charge in [0.25, 0.3) is 5.91 Å². The van der Waals surface area contributed by atoms with Crippen molar-refractivity contribution in [3.8, 4) is 0 Å². The van der Waals surface area contributed by atoms with Crippen molar-refractivity contribution in [2.45, 2.75) is 44.4 Å². The number of hydrogen-bond acceptors (Lipinski definition) is 5. The molecule has 28 heavy (non-hydrogen) atoms. The predicted octanol–water partition coefficient (Wildman–Crippen LogP) is 3.46. The maximum atomic E-state index is 13.3. The zero-order chi connectivity index (χ0) is 19.7. The van der Waals surface area contributed by atoms with Crippen LogP contribution in [0, 0.1) is 0 Å². The van der Waals surface area contributed by atoms with Crippen LogP contribution in [0.1, 0.15) is 43.6 Å². The highest BCUT2D eigenvalue weighted by atomic mass is 35.5. The van der Waals surface area contributed by atoms with Gasteiger partial charge in [-0.3, -0.25) is 9.69 Å². The van der Waals surface area contributed by atoms with E-state index in [4.69, 9.17) is 16.0 Å². The van der Waals surface area contributed by atoms with Crippen molar-refractivity contribution in [3.63, 3.8) is 0 Å². The van der Waals surface area contributed by atoms with Crippen LogP contribution in [0.4, 0.5) is 0 Å². The van der Waals surface area contributed by atoms with E-state index in [1.807, 2.05) is 43.3 Å². The molecule has 148 valence electrons. The lowest BCUT2D eigenvalue weighted by molar-refractivity contribution is -0.139. The third-order valence-corrected chi connectivity index (χ3v) is 5.84. The molecule has 1 amide bonds. The number of carbonyl (C=O) groups is 1. The van der Waals surface area contributed by atoms with Gasteiger partial charge in [0.1, 0.15) is 11.8 Å². The topological polar surface area (TPSA) is 69.3 Å². The highest BCUT2D eigenvalue weighted by Gasteiger charge is 2.38. The summed E-state index contributed by atoms with van der Waals surface area (Å²) in [7, 11) is 0. The van der Waals surface area contributed by atoms with Crippen LogP contribution in [0.5, 0.6) is 0 Å². The molecule has 0 unspecified atom stereocenters. The molecule has 1 aromatic carbocycles. The van der Waals surface area contributed by atoms with Crippen molar-refractivity contribution in [1.82, 2.24) is 9.91 Å². The average molecular weight is 402 g/mol. The molecule has 0 saturated carbocycles. The number of furan rings is 1. The van der Waals surface area contributed by atoms with Crippen molar-refractivity contribution >= 4 is 23.2 Å². The van der Waals surface area contributed by atoms with Crippen molar-refractivity contribution in [1.29, 1.82) is 0 Å². The summed E-state index contributed by atoms with van der Waals surface area (Å²) in [5.41, 5.74) is 1.79. The molecule has 0 bridgehead atoms. The number of aliphatic hydroxyl groups is 1. The Morgan fingerprint density at radius 2 is 1.96 bits per heavy atom. The zero-order valence-electron chi connectivity index (χ0n) is 15.8. The molecule has 3 heterocycles. The number of aliphatic hydroxyl groups excluding tert-OH is 1. The second-order valence-corrected chi connectivity index (χ2v) is 7.85. The molecule has 0 radical (unpaired) electrons. The molecule has 2 aromatic rings. The van der Waals surface area contributed by atoms with Gasteiger partial charge in [-0.2, -0.15) is 5.10 Å². The molecule has 2 aliphatic rings. The SMILES string of the molecule is C[C@@H](C(=O)N1N=C(c2ccc(Cl)cc2)C[C@@H]1c1ccco1)N1CCC(O)CC1. The maximum Gasteiger partial charge on any atom is 0.260 e. The van der Waals surface area contributed by atoms with Gasteiger partial charge in [0.05, 0.1) is 24.1 Å². The van der Waals surface area contributed by atoms with E-state index in [1.54, 1.807) is 11.3 Å². The molecule has 0 aliphatic carbocycles. The average Bonchev–Trinajstić information content (AvgIpc) is 3.38. The van der Waals surface area contributed by atoms with Gasteiger partial charge in [0, 0.05) is 24.5 Å². The number of hydrazone groups is 1. The third-order valence-electron chi connectivity index (χ3n) is 5.59. The smallest absolute Gasteiger partial charge is 0.260 e. The van der Waals surface area contributed by atoms with Crippen LogP contribution in [0.2, 0.25) is 5.02 Å². The minimum atomic E-state index is -0.307. The Morgan fingerprint density at radius 1 is 1.25 bits per heavy atom. The summed E-state index contributed by atoms with van der Waals surface area (Å²) in [4.78, 5) is 15.4. The summed E-state index contributed by atoms with van der Waals surface area (Å²) in [6, 6.07) is 10.6. The van der Waals surface area contributed by atoms with Gasteiger partial charge >= 0.3 is 0 Å². The molecule has 1 fully saturated rings. The fraction of sp³-hybridized carbons (Fsp3) is 0.429. The minimum Gasteiger partial charge on any atom is -0.467 e. The zero-order valence-corrected chi connectivity index (χ0v) is 16.5. The summed E-state index contributed by atoms with van der Waals surface area (Å²) in [6.07, 6.45) is 3.33. The Balaban J connectivity index is 1.58. The monoisotopic (exact) mass is 401 g/mol. The molecule has 2 atom stereocenters. The first-order valence-corrected chi connectivity index (χ1v) is 10.0. The molecule has 4 rings (SSSR count). The molecule has 6 nitrogen and oxygen atoms in total. The molecule has 2 aliphatic heterocycles. The fourth-order valence-electron chi connectivity index (χ4n) is 3.85. The van der Waals surface area contributed by atoms with Crippen LogP contribution in [-0.2, 0) is 4.79 Å². The lowest BCUT2D eigenvalue weighted by Crippen LogP contribution is -2.49. The van der Waals surface area contributed by atoms with E-state index in [0.717, 1.165) is 17.0 Å². The summed E-state index contributed by atoms with van der Waals surface area (Å²) in [5, 5.41) is 16.7. The molecule has 7 heteroatoms. The van der Waals surface area contributed by atoms with Crippen LogP contribution in [0.3, 0.4) is 0 Å². The fourth-order valence-corrected chi connectivity index (χ4v) is 3.98. The summed E-state index contributed by atoms with van der Waals surface area (Å²) in [5.74, 6) is 0.670. The first-order chi connectivity index (χ1) is 13.5. The van der Waals surface area contributed by atoms with Gasteiger partial charge in [-0.15, -0.1) is 0 Å². The van der Waals surface area contributed by atoms with Crippen molar-refractivity contribution < 1.29 is 14.3 Å². The normalized spacial score (nSPS) is 22.3. The Morgan fingerprint density at radius 3 is 2.61 bits per heavy atom. The first kappa shape index (κ1) is 19.2. The van der Waals surface area contributed by atoms with Gasteiger partial charge in [-0.25, -0.2) is 5.01 Å². The van der Waals surface area contributed by atoms with E-state index in [2.05, 4.69) is 10.0 Å². The number of nitrogens with zero attached hydrogens (tertiary/aromatic N) is 3. The Kier molecular flexibility index (Phi) is 5.53. The number of piperidine rings is 1. The Hall–Kier alpha value is -2.15. The molecule has 1 aromatic heterocycles. The van der Waals surface area contributed by atoms with E-state index >= 15 is 0 Å². The van der Waals surface area contributed by atoms with Crippen molar-refractivity contribution in [3.05, 3.63) is 59.0 Å². The molecule has 1 N–H and O–H groups in total. The number of benzene rings is 1. The highest BCUT2D eigenvalue weighted by Crippen LogP contribution is 2.34. The minimum absolute atomic E-state index is 0.0539. The van der Waals surface area contributed by atoms with Gasteiger partial charge in [0.2, 0.25) is 0 Å². The maximum absolute atomic E-state index is 13.3. The summed E-state index contributed by atoms with van der Waals surface area (Å²) >= 11 is 6.00. The number of hydrogen-bond donors (Lipinski definition) is 1. The largest absolute Gasteiger partial charge is 0.467 e. The quantitative estimate of drug-likeness (QED) is 0.851. The second kappa shape index (κ2) is 8.07. The van der Waals surface area contributed by atoms with Crippen molar-refractivity contribution in [2.24, 2.45) is 5.10 Å². The van der Waals surface area contributed by atoms with Crippen molar-refractivity contribution in [2.75, 3.05) is 13.1 Å². The lowest BCUT2D eigenvalue weighted by atomic mass is 10.0. The van der Waals surface area contributed by atoms with Gasteiger partial charge < -0.3 is 9.52 Å². The second-order valence-electron chi connectivity index (χ2n) is 7.41. The van der Waals surface area contributed by atoms with Crippen LogP contribution in [0.15, 0.2) is 52.2 Å². The van der Waals surface area contributed by atoms with Gasteiger partial charge in [-0.05, 0) is 49.6 Å². The third kappa shape index (κ3) is 3.85. The Bertz CT molecular complexity index is 842. The number of amides is 1. The van der Waals surface area contributed by atoms with Crippen LogP contribution < -0.4 is 0 Å². The summed E-state index contributed by atoms with van der Waals surface area (Å²) < 4.78 is 5.61. The van der Waals surface area contributed by atoms with Gasteiger partial charge in [0.15, 0.2) is 0 Å². The molecule has 1 saturated heterocycles.